The summed E-state index contributed by atoms with van der Waals surface area (Å²) in [6, 6.07) is 12.6. The molecule has 0 unspecified atom stereocenters. The van der Waals surface area contributed by atoms with Crippen LogP contribution < -0.4 is 4.90 Å². The van der Waals surface area contributed by atoms with Crippen molar-refractivity contribution < 1.29 is 31.1 Å². The molecule has 0 atom stereocenters. The molecule has 0 aliphatic rings. The number of hydrogen-bond donors (Lipinski definition) is 1. The van der Waals surface area contributed by atoms with E-state index in [1.165, 1.54) is 37.3 Å². The van der Waals surface area contributed by atoms with Crippen LogP contribution in [-0.4, -0.2) is 50.2 Å². The lowest BCUT2D eigenvalue weighted by atomic mass is 10.1. The van der Waals surface area contributed by atoms with Gasteiger partial charge in [0.1, 0.15) is 16.5 Å². The summed E-state index contributed by atoms with van der Waals surface area (Å²) >= 11 is 0. The predicted octanol–water partition coefficient (Wildman–Crippen LogP) is 3.52. The maximum Gasteiger partial charge on any atom is 0.307 e. The molecular formula is C24H22FN3O6S2. The van der Waals surface area contributed by atoms with E-state index in [-0.39, 0.29) is 32.0 Å². The molecular weight excluding hydrogens is 509 g/mol. The average molecular weight is 532 g/mol. The summed E-state index contributed by atoms with van der Waals surface area (Å²) in [6.45, 7) is 1.47. The van der Waals surface area contributed by atoms with Crippen LogP contribution in [0.3, 0.4) is 0 Å². The van der Waals surface area contributed by atoms with Crippen LogP contribution in [0.1, 0.15) is 11.3 Å². The van der Waals surface area contributed by atoms with Crippen molar-refractivity contribution in [1.82, 2.24) is 8.96 Å². The maximum absolute atomic E-state index is 13.9. The number of pyridine rings is 1. The van der Waals surface area contributed by atoms with E-state index < -0.39 is 38.1 Å². The molecule has 1 N–H and O–H groups in total. The van der Waals surface area contributed by atoms with Crippen LogP contribution in [0.4, 0.5) is 15.9 Å². The van der Waals surface area contributed by atoms with Gasteiger partial charge in [0.25, 0.3) is 10.0 Å². The minimum Gasteiger partial charge on any atom is -0.481 e. The van der Waals surface area contributed by atoms with E-state index in [1.54, 1.807) is 24.1 Å². The van der Waals surface area contributed by atoms with E-state index in [9.17, 15) is 31.1 Å². The van der Waals surface area contributed by atoms with Gasteiger partial charge in [-0.05, 0) is 61.0 Å². The molecule has 0 aliphatic heterocycles. The third kappa shape index (κ3) is 4.56. The highest BCUT2D eigenvalue weighted by Crippen LogP contribution is 2.32. The number of sulfone groups is 1. The first-order chi connectivity index (χ1) is 16.8. The Morgan fingerprint density at radius 3 is 2.39 bits per heavy atom. The van der Waals surface area contributed by atoms with E-state index in [4.69, 9.17) is 0 Å². The molecule has 36 heavy (non-hydrogen) atoms. The molecule has 0 bridgehead atoms. The Morgan fingerprint density at radius 1 is 1.06 bits per heavy atom. The van der Waals surface area contributed by atoms with Crippen LogP contribution >= 0.6 is 0 Å². The minimum atomic E-state index is -4.22. The number of anilines is 2. The monoisotopic (exact) mass is 531 g/mol. The minimum absolute atomic E-state index is 0.134. The first kappa shape index (κ1) is 25.3. The van der Waals surface area contributed by atoms with Gasteiger partial charge in [-0.2, -0.15) is 0 Å². The zero-order valence-corrected chi connectivity index (χ0v) is 21.1. The largest absolute Gasteiger partial charge is 0.481 e. The average Bonchev–Trinajstić information content (AvgIpc) is 3.09. The fourth-order valence-corrected chi connectivity index (χ4v) is 6.18. The van der Waals surface area contributed by atoms with Crippen molar-refractivity contribution in [1.29, 1.82) is 0 Å². The number of hydrogen-bond acceptors (Lipinski definition) is 7. The lowest BCUT2D eigenvalue weighted by Crippen LogP contribution is -2.16. The Hall–Kier alpha value is -3.77. The molecule has 188 valence electrons. The first-order valence-corrected chi connectivity index (χ1v) is 13.9. The molecule has 0 fully saturated rings. The van der Waals surface area contributed by atoms with Gasteiger partial charge >= 0.3 is 5.97 Å². The zero-order valence-electron chi connectivity index (χ0n) is 19.5. The smallest absolute Gasteiger partial charge is 0.307 e. The molecule has 12 heteroatoms. The number of aromatic nitrogens is 2. The number of carbonyl (C=O) groups is 1. The van der Waals surface area contributed by atoms with Crippen molar-refractivity contribution in [3.63, 3.8) is 0 Å². The van der Waals surface area contributed by atoms with Gasteiger partial charge in [0.2, 0.25) is 0 Å². The highest BCUT2D eigenvalue weighted by Gasteiger charge is 2.26. The number of aliphatic carboxylic acids is 1. The molecule has 0 saturated heterocycles. The molecule has 0 spiro atoms. The Kier molecular flexibility index (Phi) is 6.35. The van der Waals surface area contributed by atoms with Crippen LogP contribution in [-0.2, 0) is 31.1 Å². The van der Waals surface area contributed by atoms with Crippen LogP contribution in [0.15, 0.2) is 70.6 Å². The third-order valence-electron chi connectivity index (χ3n) is 5.81. The Morgan fingerprint density at radius 2 is 1.78 bits per heavy atom. The van der Waals surface area contributed by atoms with Crippen molar-refractivity contribution in [2.75, 3.05) is 18.2 Å². The number of carboxylic acid groups (broad SMARTS) is 1. The van der Waals surface area contributed by atoms with Gasteiger partial charge in [-0.3, -0.25) is 4.79 Å². The van der Waals surface area contributed by atoms with Gasteiger partial charge in [0, 0.05) is 36.3 Å². The SMILES string of the molecule is Cc1c(CC(=O)O)c2cc(F)ccc2n1S(=O)(=O)c1ccc(N(C)c2cccc(S(C)(=O)=O)c2)nc1. The van der Waals surface area contributed by atoms with Crippen molar-refractivity contribution in [2.24, 2.45) is 0 Å². The van der Waals surface area contributed by atoms with E-state index >= 15 is 0 Å². The van der Waals surface area contributed by atoms with Gasteiger partial charge in [-0.15, -0.1) is 0 Å². The summed E-state index contributed by atoms with van der Waals surface area (Å²) in [5.74, 6) is -1.42. The molecule has 0 radical (unpaired) electrons. The summed E-state index contributed by atoms with van der Waals surface area (Å²) in [5.41, 5.74) is 1.06. The van der Waals surface area contributed by atoms with Crippen LogP contribution in [0.2, 0.25) is 0 Å². The van der Waals surface area contributed by atoms with Crippen molar-refractivity contribution in [2.45, 2.75) is 23.1 Å². The Labute approximate surface area is 207 Å². The van der Waals surface area contributed by atoms with Crippen molar-refractivity contribution >= 4 is 48.2 Å². The van der Waals surface area contributed by atoms with Gasteiger partial charge in [-0.1, -0.05) is 6.07 Å². The lowest BCUT2D eigenvalue weighted by molar-refractivity contribution is -0.136. The second kappa shape index (κ2) is 9.03. The number of rotatable bonds is 7. The molecule has 0 saturated carbocycles. The van der Waals surface area contributed by atoms with E-state index in [0.29, 0.717) is 11.5 Å². The van der Waals surface area contributed by atoms with Crippen molar-refractivity contribution in [3.05, 3.63) is 77.9 Å². The highest BCUT2D eigenvalue weighted by molar-refractivity contribution is 7.90. The third-order valence-corrected chi connectivity index (χ3v) is 8.71. The summed E-state index contributed by atoms with van der Waals surface area (Å²) < 4.78 is 65.8. The summed E-state index contributed by atoms with van der Waals surface area (Å²) in [7, 11) is -5.97. The number of carboxylic acids is 1. The van der Waals surface area contributed by atoms with Gasteiger partial charge in [0.15, 0.2) is 9.84 Å². The van der Waals surface area contributed by atoms with Crippen LogP contribution in [0.5, 0.6) is 0 Å². The van der Waals surface area contributed by atoms with Gasteiger partial charge in [-0.25, -0.2) is 30.2 Å². The molecule has 2 heterocycles. The quantitative estimate of drug-likeness (QED) is 0.384. The van der Waals surface area contributed by atoms with E-state index in [1.807, 2.05) is 0 Å². The summed E-state index contributed by atoms with van der Waals surface area (Å²) in [5, 5.41) is 9.49. The fraction of sp³-hybridized carbons (Fsp3) is 0.167. The summed E-state index contributed by atoms with van der Waals surface area (Å²) in [6.07, 6.45) is 1.79. The Bertz CT molecular complexity index is 1710. The Balaban J connectivity index is 1.76. The van der Waals surface area contributed by atoms with E-state index in [2.05, 4.69) is 4.98 Å². The maximum atomic E-state index is 13.9. The topological polar surface area (TPSA) is 127 Å². The number of nitrogens with zero attached hydrogens (tertiary/aromatic N) is 3. The van der Waals surface area contributed by atoms with E-state index in [0.717, 1.165) is 28.6 Å². The van der Waals surface area contributed by atoms with Gasteiger partial charge < -0.3 is 10.0 Å². The molecule has 2 aromatic heterocycles. The zero-order chi connectivity index (χ0) is 26.4. The highest BCUT2D eigenvalue weighted by atomic mass is 32.2. The van der Waals surface area contributed by atoms with Gasteiger partial charge in [0.05, 0.1) is 16.8 Å². The predicted molar refractivity (Wildman–Crippen MR) is 132 cm³/mol. The first-order valence-electron chi connectivity index (χ1n) is 10.6. The molecule has 4 aromatic rings. The number of fused-ring (bicyclic) bond motifs is 1. The second-order valence-electron chi connectivity index (χ2n) is 8.25. The lowest BCUT2D eigenvalue weighted by Gasteiger charge is -2.19. The molecule has 0 amide bonds. The normalized spacial score (nSPS) is 12.1. The fourth-order valence-electron chi connectivity index (χ4n) is 3.99. The molecule has 0 aliphatic carbocycles. The standard InChI is InChI=1S/C24H22FN3O6S2/c1-15-20(13-24(29)30)21-11-16(25)7-9-22(21)28(15)36(33,34)19-8-10-23(26-14-19)27(2)17-5-4-6-18(12-17)35(3,31)32/h4-12,14H,13H2,1-3H3,(H,29,30). The summed E-state index contributed by atoms with van der Waals surface area (Å²) in [4.78, 5) is 17.2. The number of benzene rings is 2. The number of halogens is 1. The van der Waals surface area contributed by atoms with Crippen molar-refractivity contribution in [3.8, 4) is 0 Å². The molecule has 4 rings (SSSR count). The second-order valence-corrected chi connectivity index (χ2v) is 12.0. The molecule has 2 aromatic carbocycles. The van der Waals surface area contributed by atoms with Crippen LogP contribution in [0, 0.1) is 12.7 Å². The van der Waals surface area contributed by atoms with Crippen LogP contribution in [0.25, 0.3) is 10.9 Å². The molecule has 9 nitrogen and oxygen atoms in total.